The molecule has 2 heterocycles. The molecule has 2 aromatic rings. The lowest BCUT2D eigenvalue weighted by Crippen LogP contribution is -2.43. The lowest BCUT2D eigenvalue weighted by atomic mass is 10.1. The molecule has 1 fully saturated rings. The zero-order valence-electron chi connectivity index (χ0n) is 17.9. The van der Waals surface area contributed by atoms with E-state index in [0.29, 0.717) is 29.2 Å². The van der Waals surface area contributed by atoms with Crippen molar-refractivity contribution in [2.75, 3.05) is 19.0 Å². The summed E-state index contributed by atoms with van der Waals surface area (Å²) < 4.78 is 32.8. The third kappa shape index (κ3) is 4.26. The number of nitrogens with two attached hydrogens (primary N) is 1. The second-order valence-corrected chi connectivity index (χ2v) is 11.1. The molecule has 4 rings (SSSR count). The first-order valence-corrected chi connectivity index (χ1v) is 13.0. The summed E-state index contributed by atoms with van der Waals surface area (Å²) in [5, 5.41) is 3.27. The minimum Gasteiger partial charge on any atom is -0.497 e. The van der Waals surface area contributed by atoms with Gasteiger partial charge in [-0.1, -0.05) is 6.42 Å². The fraction of sp³-hybridized carbons (Fsp3) is 0.455. The van der Waals surface area contributed by atoms with Crippen molar-refractivity contribution in [2.45, 2.75) is 55.9 Å². The fourth-order valence-corrected chi connectivity index (χ4v) is 7.41. The van der Waals surface area contributed by atoms with Gasteiger partial charge >= 0.3 is 0 Å². The third-order valence-corrected chi connectivity index (χ3v) is 9.21. The summed E-state index contributed by atoms with van der Waals surface area (Å²) in [6, 6.07) is 5.27. The number of primary amides is 1. The minimum atomic E-state index is -3.85. The van der Waals surface area contributed by atoms with Gasteiger partial charge in [0.05, 0.1) is 17.6 Å². The van der Waals surface area contributed by atoms with E-state index < -0.39 is 27.9 Å². The summed E-state index contributed by atoms with van der Waals surface area (Å²) >= 11 is 1.39. The molecule has 1 aromatic carbocycles. The Hall–Kier alpha value is -2.43. The second-order valence-electron chi connectivity index (χ2n) is 8.07. The van der Waals surface area contributed by atoms with Crippen LogP contribution >= 0.6 is 11.3 Å². The van der Waals surface area contributed by atoms with Gasteiger partial charge in [-0.05, 0) is 68.4 Å². The zero-order chi connectivity index (χ0) is 22.9. The standard InChI is InChI=1S/C22H27N3O5S2/c1-30-14-9-11-15(12-10-14)32(28,29)25-13-5-7-17(25)21(27)24-22-19(20(23)26)16-6-3-2-4-8-18(16)31-22/h9-12,17H,2-8,13H2,1H3,(H2,23,26)(H,24,27). The Morgan fingerprint density at radius 3 is 2.53 bits per heavy atom. The molecule has 1 atom stereocenters. The van der Waals surface area contributed by atoms with Gasteiger partial charge in [-0.15, -0.1) is 11.3 Å². The number of thiophene rings is 1. The molecule has 0 radical (unpaired) electrons. The number of ether oxygens (including phenoxy) is 1. The molecule has 0 bridgehead atoms. The van der Waals surface area contributed by atoms with E-state index in [2.05, 4.69) is 5.32 Å². The Kier molecular flexibility index (Phi) is 6.55. The minimum absolute atomic E-state index is 0.110. The van der Waals surface area contributed by atoms with Crippen LogP contribution in [0.3, 0.4) is 0 Å². The molecule has 2 aliphatic rings. The molecular formula is C22H27N3O5S2. The summed E-state index contributed by atoms with van der Waals surface area (Å²) in [5.41, 5.74) is 6.97. The number of amides is 2. The van der Waals surface area contributed by atoms with Gasteiger partial charge in [0.2, 0.25) is 15.9 Å². The van der Waals surface area contributed by atoms with Crippen molar-refractivity contribution >= 4 is 38.2 Å². The Bertz CT molecular complexity index is 1130. The summed E-state index contributed by atoms with van der Waals surface area (Å²) in [4.78, 5) is 26.6. The monoisotopic (exact) mass is 477 g/mol. The maximum absolute atomic E-state index is 13.2. The zero-order valence-corrected chi connectivity index (χ0v) is 19.6. The van der Waals surface area contributed by atoms with E-state index in [-0.39, 0.29) is 11.4 Å². The molecule has 8 nitrogen and oxygen atoms in total. The molecule has 172 valence electrons. The van der Waals surface area contributed by atoms with Gasteiger partial charge in [0.15, 0.2) is 0 Å². The van der Waals surface area contributed by atoms with Gasteiger partial charge in [0, 0.05) is 11.4 Å². The van der Waals surface area contributed by atoms with Crippen molar-refractivity contribution in [3.8, 4) is 5.75 Å². The van der Waals surface area contributed by atoms with E-state index in [1.165, 1.54) is 34.9 Å². The highest BCUT2D eigenvalue weighted by Gasteiger charge is 2.40. The molecule has 2 amide bonds. The number of sulfonamides is 1. The number of benzene rings is 1. The van der Waals surface area contributed by atoms with Crippen LogP contribution in [0.2, 0.25) is 0 Å². The number of anilines is 1. The number of nitrogens with one attached hydrogen (secondary N) is 1. The first kappa shape index (κ1) is 22.8. The van der Waals surface area contributed by atoms with Crippen LogP contribution in [0.1, 0.15) is 52.9 Å². The predicted octanol–water partition coefficient (Wildman–Crippen LogP) is 2.92. The van der Waals surface area contributed by atoms with Crippen LogP contribution in [0.25, 0.3) is 0 Å². The largest absolute Gasteiger partial charge is 0.497 e. The van der Waals surface area contributed by atoms with Gasteiger partial charge in [-0.3, -0.25) is 9.59 Å². The topological polar surface area (TPSA) is 119 Å². The van der Waals surface area contributed by atoms with Crippen LogP contribution in [-0.4, -0.2) is 44.2 Å². The highest BCUT2D eigenvalue weighted by atomic mass is 32.2. The van der Waals surface area contributed by atoms with Gasteiger partial charge in [0.1, 0.15) is 16.8 Å². The van der Waals surface area contributed by atoms with Gasteiger partial charge < -0.3 is 15.8 Å². The number of fused-ring (bicyclic) bond motifs is 1. The predicted molar refractivity (Wildman–Crippen MR) is 123 cm³/mol. The van der Waals surface area contributed by atoms with Gasteiger partial charge in [-0.25, -0.2) is 8.42 Å². The van der Waals surface area contributed by atoms with Crippen molar-refractivity contribution in [3.63, 3.8) is 0 Å². The number of nitrogens with zero attached hydrogens (tertiary/aromatic N) is 1. The van der Waals surface area contributed by atoms with Crippen LogP contribution in [0.15, 0.2) is 29.2 Å². The van der Waals surface area contributed by atoms with Gasteiger partial charge in [-0.2, -0.15) is 4.31 Å². The van der Waals surface area contributed by atoms with Crippen molar-refractivity contribution in [1.82, 2.24) is 4.31 Å². The van der Waals surface area contributed by atoms with Crippen LogP contribution in [0, 0.1) is 0 Å². The highest BCUT2D eigenvalue weighted by molar-refractivity contribution is 7.89. The number of carbonyl (C=O) groups is 2. The molecule has 0 spiro atoms. The molecule has 1 unspecified atom stereocenters. The van der Waals surface area contributed by atoms with E-state index in [0.717, 1.165) is 42.5 Å². The molecule has 32 heavy (non-hydrogen) atoms. The van der Waals surface area contributed by atoms with Crippen LogP contribution < -0.4 is 15.8 Å². The quantitative estimate of drug-likeness (QED) is 0.620. The van der Waals surface area contributed by atoms with E-state index in [9.17, 15) is 18.0 Å². The fourth-order valence-electron chi connectivity index (χ4n) is 4.46. The second kappa shape index (κ2) is 9.21. The lowest BCUT2D eigenvalue weighted by molar-refractivity contribution is -0.119. The number of carbonyl (C=O) groups excluding carboxylic acids is 2. The lowest BCUT2D eigenvalue weighted by Gasteiger charge is -2.23. The van der Waals surface area contributed by atoms with Crippen molar-refractivity contribution < 1.29 is 22.7 Å². The smallest absolute Gasteiger partial charge is 0.251 e. The Morgan fingerprint density at radius 2 is 1.84 bits per heavy atom. The van der Waals surface area contributed by atoms with Crippen molar-refractivity contribution in [2.24, 2.45) is 5.73 Å². The third-order valence-electron chi connectivity index (χ3n) is 6.08. The molecule has 1 aromatic heterocycles. The molecule has 3 N–H and O–H groups in total. The SMILES string of the molecule is COc1ccc(S(=O)(=O)N2CCCC2C(=O)Nc2sc3c(c2C(N)=O)CCCCC3)cc1. The van der Waals surface area contributed by atoms with Crippen molar-refractivity contribution in [3.05, 3.63) is 40.3 Å². The molecule has 1 aliphatic heterocycles. The molecule has 10 heteroatoms. The molecular weight excluding hydrogens is 450 g/mol. The molecule has 1 saturated heterocycles. The summed E-state index contributed by atoms with van der Waals surface area (Å²) in [5.74, 6) is -0.441. The van der Waals surface area contributed by atoms with Gasteiger partial charge in [0.25, 0.3) is 5.91 Å². The number of hydrogen-bond donors (Lipinski definition) is 2. The maximum atomic E-state index is 13.2. The average Bonchev–Trinajstić information content (AvgIpc) is 3.33. The van der Waals surface area contributed by atoms with Crippen LogP contribution in [0.4, 0.5) is 5.00 Å². The Labute approximate surface area is 191 Å². The highest BCUT2D eigenvalue weighted by Crippen LogP contribution is 2.38. The van der Waals surface area contributed by atoms with E-state index >= 15 is 0 Å². The Balaban J connectivity index is 1.59. The maximum Gasteiger partial charge on any atom is 0.251 e. The van der Waals surface area contributed by atoms with E-state index in [1.807, 2.05) is 0 Å². The first-order valence-electron chi connectivity index (χ1n) is 10.7. The number of rotatable bonds is 6. The Morgan fingerprint density at radius 1 is 1.12 bits per heavy atom. The molecule has 0 saturated carbocycles. The number of methoxy groups -OCH3 is 1. The summed E-state index contributed by atoms with van der Waals surface area (Å²) in [7, 11) is -2.35. The van der Waals surface area contributed by atoms with Crippen LogP contribution in [-0.2, 0) is 27.7 Å². The normalized spacial score (nSPS) is 19.2. The van der Waals surface area contributed by atoms with E-state index in [1.54, 1.807) is 12.1 Å². The first-order chi connectivity index (χ1) is 15.3. The van der Waals surface area contributed by atoms with E-state index in [4.69, 9.17) is 10.5 Å². The summed E-state index contributed by atoms with van der Waals surface area (Å²) in [6.45, 7) is 0.260. The van der Waals surface area contributed by atoms with Crippen molar-refractivity contribution in [1.29, 1.82) is 0 Å². The van der Waals surface area contributed by atoms with Crippen LogP contribution in [0.5, 0.6) is 5.75 Å². The summed E-state index contributed by atoms with van der Waals surface area (Å²) in [6.07, 6.45) is 5.74. The molecule has 1 aliphatic carbocycles. The number of aryl methyl sites for hydroxylation is 1. The average molecular weight is 478 g/mol. The number of hydrogen-bond acceptors (Lipinski definition) is 6.